The first-order valence-electron chi connectivity index (χ1n) is 8.04. The third kappa shape index (κ3) is 4.37. The maximum atomic E-state index is 13.0. The number of likely N-dealkylation sites (tertiary alicyclic amines) is 1. The molecule has 1 aliphatic heterocycles. The van der Waals surface area contributed by atoms with Crippen LogP contribution in [0, 0.1) is 11.8 Å². The lowest BCUT2D eigenvalue weighted by atomic mass is 9.95. The SMILES string of the molecule is CC(C(=O)NC1CCCCC1)N1C[C@@H](C(F)(F)F)[C@H](C(=O)O)C1. The maximum Gasteiger partial charge on any atom is 0.393 e. The van der Waals surface area contributed by atoms with Crippen LogP contribution in [-0.4, -0.2) is 53.2 Å². The molecular formula is C15H23F3N2O3. The molecular weight excluding hydrogens is 313 g/mol. The number of aliphatic carboxylic acids is 1. The normalized spacial score (nSPS) is 28.5. The highest BCUT2D eigenvalue weighted by atomic mass is 19.4. The van der Waals surface area contributed by atoms with Gasteiger partial charge in [-0.1, -0.05) is 19.3 Å². The zero-order chi connectivity index (χ0) is 17.2. The molecule has 2 aliphatic rings. The molecule has 23 heavy (non-hydrogen) atoms. The van der Waals surface area contributed by atoms with Crippen LogP contribution in [0.15, 0.2) is 0 Å². The Balaban J connectivity index is 1.97. The van der Waals surface area contributed by atoms with Gasteiger partial charge < -0.3 is 10.4 Å². The largest absolute Gasteiger partial charge is 0.481 e. The van der Waals surface area contributed by atoms with E-state index in [0.29, 0.717) is 0 Å². The van der Waals surface area contributed by atoms with Gasteiger partial charge in [-0.15, -0.1) is 0 Å². The van der Waals surface area contributed by atoms with Crippen molar-refractivity contribution in [3.05, 3.63) is 0 Å². The van der Waals surface area contributed by atoms with Gasteiger partial charge in [0.25, 0.3) is 0 Å². The molecule has 5 nitrogen and oxygen atoms in total. The number of carbonyl (C=O) groups is 2. The van der Waals surface area contributed by atoms with Gasteiger partial charge in [0.1, 0.15) is 0 Å². The minimum absolute atomic E-state index is 0.0787. The molecule has 3 atom stereocenters. The van der Waals surface area contributed by atoms with Crippen LogP contribution in [0.1, 0.15) is 39.0 Å². The Kier molecular flexibility index (Phi) is 5.54. The number of rotatable bonds is 4. The molecule has 0 aromatic heterocycles. The predicted molar refractivity (Wildman–Crippen MR) is 76.7 cm³/mol. The molecule has 0 aromatic rings. The summed E-state index contributed by atoms with van der Waals surface area (Å²) in [5.74, 6) is -5.22. The summed E-state index contributed by atoms with van der Waals surface area (Å²) < 4.78 is 39.0. The van der Waals surface area contributed by atoms with Crippen LogP contribution >= 0.6 is 0 Å². The standard InChI is InChI=1S/C15H23F3N2O3/c1-9(13(21)19-10-5-3-2-4-6-10)20-7-11(14(22)23)12(8-20)15(16,17)18/h9-12H,2-8H2,1H3,(H,19,21)(H,22,23)/t9?,11-,12-/m1/s1. The summed E-state index contributed by atoms with van der Waals surface area (Å²) in [6.07, 6.45) is 0.433. The van der Waals surface area contributed by atoms with Crippen molar-refractivity contribution in [1.29, 1.82) is 0 Å². The smallest absolute Gasteiger partial charge is 0.393 e. The van der Waals surface area contributed by atoms with E-state index in [1.165, 1.54) is 11.8 Å². The highest BCUT2D eigenvalue weighted by Crippen LogP contribution is 2.38. The average Bonchev–Trinajstić information content (AvgIpc) is 2.93. The molecule has 132 valence electrons. The first-order chi connectivity index (χ1) is 10.7. The number of carboxylic acids is 1. The Bertz CT molecular complexity index is 450. The number of amides is 1. The van der Waals surface area contributed by atoms with E-state index in [1.54, 1.807) is 0 Å². The van der Waals surface area contributed by atoms with Crippen molar-refractivity contribution in [3.8, 4) is 0 Å². The Labute approximate surface area is 133 Å². The quantitative estimate of drug-likeness (QED) is 0.824. The number of nitrogens with zero attached hydrogens (tertiary/aromatic N) is 1. The number of nitrogens with one attached hydrogen (secondary N) is 1. The molecule has 0 aromatic carbocycles. The number of carboxylic acid groups (broad SMARTS) is 1. The summed E-state index contributed by atoms with van der Waals surface area (Å²) in [6.45, 7) is 0.842. The third-order valence-corrected chi connectivity index (χ3v) is 4.96. The number of hydrogen-bond acceptors (Lipinski definition) is 3. The van der Waals surface area contributed by atoms with Crippen molar-refractivity contribution in [3.63, 3.8) is 0 Å². The zero-order valence-electron chi connectivity index (χ0n) is 13.1. The molecule has 0 spiro atoms. The van der Waals surface area contributed by atoms with Gasteiger partial charge in [0.2, 0.25) is 5.91 Å². The van der Waals surface area contributed by atoms with E-state index < -0.39 is 36.6 Å². The summed E-state index contributed by atoms with van der Waals surface area (Å²) in [5, 5.41) is 11.9. The van der Waals surface area contributed by atoms with Gasteiger partial charge in [-0.3, -0.25) is 14.5 Å². The van der Waals surface area contributed by atoms with E-state index in [2.05, 4.69) is 5.32 Å². The average molecular weight is 336 g/mol. The van der Waals surface area contributed by atoms with Gasteiger partial charge in [-0.25, -0.2) is 0 Å². The Morgan fingerprint density at radius 1 is 1.17 bits per heavy atom. The lowest BCUT2D eigenvalue weighted by molar-refractivity contribution is -0.188. The summed E-state index contributed by atoms with van der Waals surface area (Å²) >= 11 is 0. The van der Waals surface area contributed by atoms with Gasteiger partial charge in [0, 0.05) is 19.1 Å². The van der Waals surface area contributed by atoms with E-state index in [1.807, 2.05) is 0 Å². The van der Waals surface area contributed by atoms with Crippen LogP contribution in [0.2, 0.25) is 0 Å². The number of carbonyl (C=O) groups excluding carboxylic acids is 1. The van der Waals surface area contributed by atoms with E-state index in [-0.39, 0.29) is 18.5 Å². The van der Waals surface area contributed by atoms with Crippen LogP contribution in [0.5, 0.6) is 0 Å². The first-order valence-corrected chi connectivity index (χ1v) is 8.04. The highest BCUT2D eigenvalue weighted by Gasteiger charge is 2.53. The lowest BCUT2D eigenvalue weighted by Gasteiger charge is -2.28. The van der Waals surface area contributed by atoms with Crippen LogP contribution in [0.3, 0.4) is 0 Å². The second kappa shape index (κ2) is 7.07. The molecule has 1 heterocycles. The van der Waals surface area contributed by atoms with Gasteiger partial charge >= 0.3 is 12.1 Å². The zero-order valence-corrected chi connectivity index (χ0v) is 13.1. The fourth-order valence-electron chi connectivity index (χ4n) is 3.47. The van der Waals surface area contributed by atoms with Crippen molar-refractivity contribution < 1.29 is 27.9 Å². The van der Waals surface area contributed by atoms with Gasteiger partial charge in [0.05, 0.1) is 17.9 Å². The van der Waals surface area contributed by atoms with Crippen molar-refractivity contribution in [2.75, 3.05) is 13.1 Å². The van der Waals surface area contributed by atoms with Gasteiger partial charge in [0.15, 0.2) is 0 Å². The molecule has 1 unspecified atom stereocenters. The van der Waals surface area contributed by atoms with E-state index in [9.17, 15) is 22.8 Å². The molecule has 2 fully saturated rings. The molecule has 2 N–H and O–H groups in total. The minimum Gasteiger partial charge on any atom is -0.481 e. The number of hydrogen-bond donors (Lipinski definition) is 2. The Morgan fingerprint density at radius 2 is 1.78 bits per heavy atom. The third-order valence-electron chi connectivity index (χ3n) is 4.96. The monoisotopic (exact) mass is 336 g/mol. The fraction of sp³-hybridized carbons (Fsp3) is 0.867. The molecule has 1 saturated carbocycles. The van der Waals surface area contributed by atoms with Crippen molar-refractivity contribution in [2.24, 2.45) is 11.8 Å². The van der Waals surface area contributed by atoms with Gasteiger partial charge in [-0.05, 0) is 19.8 Å². The van der Waals surface area contributed by atoms with Crippen LogP contribution in [0.25, 0.3) is 0 Å². The Morgan fingerprint density at radius 3 is 2.26 bits per heavy atom. The summed E-state index contributed by atoms with van der Waals surface area (Å²) in [6, 6.07) is -0.680. The van der Waals surface area contributed by atoms with Crippen molar-refractivity contribution in [2.45, 2.75) is 57.3 Å². The molecule has 2 rings (SSSR count). The van der Waals surface area contributed by atoms with E-state index >= 15 is 0 Å². The number of halogens is 3. The molecule has 1 amide bonds. The molecule has 1 saturated heterocycles. The van der Waals surface area contributed by atoms with Crippen molar-refractivity contribution >= 4 is 11.9 Å². The second-order valence-electron chi connectivity index (χ2n) is 6.57. The van der Waals surface area contributed by atoms with Crippen LogP contribution in [-0.2, 0) is 9.59 Å². The molecule has 0 radical (unpaired) electrons. The van der Waals surface area contributed by atoms with Crippen molar-refractivity contribution in [1.82, 2.24) is 10.2 Å². The fourth-order valence-corrected chi connectivity index (χ4v) is 3.47. The van der Waals surface area contributed by atoms with Crippen LogP contribution < -0.4 is 5.32 Å². The Hall–Kier alpha value is -1.31. The van der Waals surface area contributed by atoms with Gasteiger partial charge in [-0.2, -0.15) is 13.2 Å². The van der Waals surface area contributed by atoms with E-state index in [0.717, 1.165) is 32.1 Å². The first kappa shape index (κ1) is 18.0. The topological polar surface area (TPSA) is 69.6 Å². The lowest BCUT2D eigenvalue weighted by Crippen LogP contribution is -2.48. The van der Waals surface area contributed by atoms with E-state index in [4.69, 9.17) is 5.11 Å². The summed E-state index contributed by atoms with van der Waals surface area (Å²) in [4.78, 5) is 24.7. The molecule has 1 aliphatic carbocycles. The summed E-state index contributed by atoms with van der Waals surface area (Å²) in [5.41, 5.74) is 0. The second-order valence-corrected chi connectivity index (χ2v) is 6.57. The summed E-state index contributed by atoms with van der Waals surface area (Å²) in [7, 11) is 0. The molecule has 8 heteroatoms. The predicted octanol–water partition coefficient (Wildman–Crippen LogP) is 2.02. The highest BCUT2D eigenvalue weighted by molar-refractivity contribution is 5.82. The van der Waals surface area contributed by atoms with Crippen LogP contribution in [0.4, 0.5) is 13.2 Å². The molecule has 0 bridgehead atoms. The maximum absolute atomic E-state index is 13.0. The minimum atomic E-state index is -4.57. The number of alkyl halides is 3.